The first-order valence-electron chi connectivity index (χ1n) is 5.35. The third kappa shape index (κ3) is 4.55. The number of benzene rings is 1. The Morgan fingerprint density at radius 3 is 2.29 bits per heavy atom. The van der Waals surface area contributed by atoms with Crippen LogP contribution in [0, 0.1) is 0 Å². The molecular weight excluding hydrogens is 220 g/mol. The Morgan fingerprint density at radius 1 is 1.24 bits per heavy atom. The topological polar surface area (TPSA) is 78.4 Å². The highest BCUT2D eigenvalue weighted by atomic mass is 16.4. The van der Waals surface area contributed by atoms with Crippen molar-refractivity contribution < 1.29 is 14.7 Å². The molecule has 5 nitrogen and oxygen atoms in total. The van der Waals surface area contributed by atoms with Crippen molar-refractivity contribution in [2.45, 2.75) is 19.9 Å². The molecule has 0 spiro atoms. The molecule has 0 bridgehead atoms. The molecule has 0 heterocycles. The van der Waals surface area contributed by atoms with E-state index in [4.69, 9.17) is 5.11 Å². The average molecular weight is 236 g/mol. The second kappa shape index (κ2) is 5.89. The first-order chi connectivity index (χ1) is 7.99. The molecule has 0 aliphatic rings. The summed E-state index contributed by atoms with van der Waals surface area (Å²) in [5.41, 5.74) is 0.941. The summed E-state index contributed by atoms with van der Waals surface area (Å²) in [6, 6.07) is 6.35. The summed E-state index contributed by atoms with van der Waals surface area (Å²) < 4.78 is 0. The smallest absolute Gasteiger partial charge is 0.335 e. The molecule has 3 N–H and O–H groups in total. The molecule has 0 saturated heterocycles. The second-order valence-electron chi connectivity index (χ2n) is 3.96. The summed E-state index contributed by atoms with van der Waals surface area (Å²) >= 11 is 0. The molecule has 0 atom stereocenters. The largest absolute Gasteiger partial charge is 0.478 e. The molecule has 0 aliphatic heterocycles. The highest BCUT2D eigenvalue weighted by molar-refractivity contribution is 5.88. The molecule has 17 heavy (non-hydrogen) atoms. The van der Waals surface area contributed by atoms with Crippen LogP contribution in [0.5, 0.6) is 0 Å². The van der Waals surface area contributed by atoms with Crippen LogP contribution in [0.25, 0.3) is 0 Å². The molecule has 5 heteroatoms. The molecule has 1 rings (SSSR count). The minimum atomic E-state index is -0.964. The highest BCUT2D eigenvalue weighted by Crippen LogP contribution is 2.08. The van der Waals surface area contributed by atoms with Crippen LogP contribution in [0.4, 0.5) is 5.69 Å². The van der Waals surface area contributed by atoms with Crippen LogP contribution in [0.2, 0.25) is 0 Å². The average Bonchev–Trinajstić information content (AvgIpc) is 2.26. The van der Waals surface area contributed by atoms with Crippen molar-refractivity contribution in [1.29, 1.82) is 0 Å². The van der Waals surface area contributed by atoms with Crippen LogP contribution in [0.3, 0.4) is 0 Å². The van der Waals surface area contributed by atoms with E-state index in [-0.39, 0.29) is 24.1 Å². The van der Waals surface area contributed by atoms with E-state index in [2.05, 4.69) is 10.6 Å². The van der Waals surface area contributed by atoms with Crippen molar-refractivity contribution in [3.63, 3.8) is 0 Å². The molecule has 0 saturated carbocycles. The molecular formula is C12H16N2O3. The van der Waals surface area contributed by atoms with Crippen LogP contribution in [0.15, 0.2) is 24.3 Å². The first-order valence-corrected chi connectivity index (χ1v) is 5.35. The monoisotopic (exact) mass is 236 g/mol. The van der Waals surface area contributed by atoms with Gasteiger partial charge in [0.2, 0.25) is 5.91 Å². The predicted molar refractivity (Wildman–Crippen MR) is 65.2 cm³/mol. The van der Waals surface area contributed by atoms with Crippen LogP contribution >= 0.6 is 0 Å². The fraction of sp³-hybridized carbons (Fsp3) is 0.333. The van der Waals surface area contributed by atoms with Gasteiger partial charge < -0.3 is 15.7 Å². The number of carbonyl (C=O) groups is 2. The Hall–Kier alpha value is -2.04. The number of rotatable bonds is 5. The Labute approximate surface area is 99.8 Å². The van der Waals surface area contributed by atoms with E-state index in [1.165, 1.54) is 12.1 Å². The summed E-state index contributed by atoms with van der Waals surface area (Å²) in [6.45, 7) is 3.95. The van der Waals surface area contributed by atoms with Crippen LogP contribution in [-0.2, 0) is 4.79 Å². The summed E-state index contributed by atoms with van der Waals surface area (Å²) in [5.74, 6) is -1.06. The van der Waals surface area contributed by atoms with Crippen LogP contribution in [0.1, 0.15) is 24.2 Å². The number of hydrogen-bond donors (Lipinski definition) is 3. The van der Waals surface area contributed by atoms with Gasteiger partial charge in [-0.3, -0.25) is 4.79 Å². The number of amides is 1. The summed E-state index contributed by atoms with van der Waals surface area (Å²) in [6.07, 6.45) is 0. The van der Waals surface area contributed by atoms with Gasteiger partial charge >= 0.3 is 5.97 Å². The fourth-order valence-corrected chi connectivity index (χ4v) is 1.29. The molecule has 0 fully saturated rings. The standard InChI is InChI=1S/C12H16N2O3/c1-8(2)14-11(15)7-13-10-5-3-9(4-6-10)12(16)17/h3-6,8,13H,7H2,1-2H3,(H,14,15)(H,16,17). The number of aromatic carboxylic acids is 1. The van der Waals surface area contributed by atoms with Gasteiger partial charge in [-0.1, -0.05) is 0 Å². The van der Waals surface area contributed by atoms with E-state index in [0.29, 0.717) is 5.69 Å². The third-order valence-corrected chi connectivity index (χ3v) is 2.03. The number of anilines is 1. The minimum Gasteiger partial charge on any atom is -0.478 e. The third-order valence-electron chi connectivity index (χ3n) is 2.03. The Kier molecular flexibility index (Phi) is 4.51. The van der Waals surface area contributed by atoms with Gasteiger partial charge in [0, 0.05) is 11.7 Å². The molecule has 1 aromatic carbocycles. The lowest BCUT2D eigenvalue weighted by atomic mass is 10.2. The maximum absolute atomic E-state index is 11.3. The summed E-state index contributed by atoms with van der Waals surface area (Å²) in [4.78, 5) is 21.9. The van der Waals surface area contributed by atoms with Gasteiger partial charge in [-0.05, 0) is 38.1 Å². The maximum Gasteiger partial charge on any atom is 0.335 e. The molecule has 1 aromatic rings. The predicted octanol–water partition coefficient (Wildman–Crippen LogP) is 1.32. The highest BCUT2D eigenvalue weighted by Gasteiger charge is 2.04. The summed E-state index contributed by atoms with van der Waals surface area (Å²) in [5, 5.41) is 14.4. The lowest BCUT2D eigenvalue weighted by molar-refractivity contribution is -0.119. The molecule has 0 aromatic heterocycles. The van der Waals surface area contributed by atoms with Crippen molar-refractivity contribution in [3.8, 4) is 0 Å². The Bertz CT molecular complexity index is 399. The van der Waals surface area contributed by atoms with Gasteiger partial charge in [0.05, 0.1) is 12.1 Å². The quantitative estimate of drug-likeness (QED) is 0.720. The minimum absolute atomic E-state index is 0.0951. The number of carboxylic acid groups (broad SMARTS) is 1. The van der Waals surface area contributed by atoms with Crippen molar-refractivity contribution in [2.75, 3.05) is 11.9 Å². The van der Waals surface area contributed by atoms with Gasteiger partial charge in [0.15, 0.2) is 0 Å². The van der Waals surface area contributed by atoms with Gasteiger partial charge in [-0.25, -0.2) is 4.79 Å². The molecule has 0 aliphatic carbocycles. The van der Waals surface area contributed by atoms with Gasteiger partial charge in [0.25, 0.3) is 0 Å². The van der Waals surface area contributed by atoms with E-state index < -0.39 is 5.97 Å². The molecule has 0 radical (unpaired) electrons. The summed E-state index contributed by atoms with van der Waals surface area (Å²) in [7, 11) is 0. The first kappa shape index (κ1) is 13.0. The maximum atomic E-state index is 11.3. The number of nitrogens with one attached hydrogen (secondary N) is 2. The molecule has 1 amide bonds. The van der Waals surface area contributed by atoms with E-state index >= 15 is 0 Å². The van der Waals surface area contributed by atoms with Gasteiger partial charge in [0.1, 0.15) is 0 Å². The normalized spacial score (nSPS) is 10.1. The Balaban J connectivity index is 2.47. The van der Waals surface area contributed by atoms with Gasteiger partial charge in [-0.2, -0.15) is 0 Å². The number of carbonyl (C=O) groups excluding carboxylic acids is 1. The zero-order valence-electron chi connectivity index (χ0n) is 9.86. The second-order valence-corrected chi connectivity index (χ2v) is 3.96. The lowest BCUT2D eigenvalue weighted by Gasteiger charge is -2.10. The zero-order chi connectivity index (χ0) is 12.8. The van der Waals surface area contributed by atoms with Crippen LogP contribution in [-0.4, -0.2) is 29.6 Å². The Morgan fingerprint density at radius 2 is 1.82 bits per heavy atom. The van der Waals surface area contributed by atoms with E-state index in [1.807, 2.05) is 13.8 Å². The van der Waals surface area contributed by atoms with Crippen LogP contribution < -0.4 is 10.6 Å². The fourth-order valence-electron chi connectivity index (χ4n) is 1.29. The van der Waals surface area contributed by atoms with E-state index in [0.717, 1.165) is 0 Å². The van der Waals surface area contributed by atoms with Crippen molar-refractivity contribution in [3.05, 3.63) is 29.8 Å². The van der Waals surface area contributed by atoms with Crippen molar-refractivity contribution in [1.82, 2.24) is 5.32 Å². The van der Waals surface area contributed by atoms with E-state index in [1.54, 1.807) is 12.1 Å². The molecule has 92 valence electrons. The van der Waals surface area contributed by atoms with Crippen molar-refractivity contribution in [2.24, 2.45) is 0 Å². The van der Waals surface area contributed by atoms with E-state index in [9.17, 15) is 9.59 Å². The SMILES string of the molecule is CC(C)NC(=O)CNc1ccc(C(=O)O)cc1. The number of hydrogen-bond acceptors (Lipinski definition) is 3. The van der Waals surface area contributed by atoms with Crippen molar-refractivity contribution >= 4 is 17.6 Å². The lowest BCUT2D eigenvalue weighted by Crippen LogP contribution is -2.34. The zero-order valence-corrected chi connectivity index (χ0v) is 9.86. The van der Waals surface area contributed by atoms with Gasteiger partial charge in [-0.15, -0.1) is 0 Å². The number of carboxylic acids is 1. The molecule has 0 unspecified atom stereocenters.